The Morgan fingerprint density at radius 3 is 2.72 bits per heavy atom. The van der Waals surface area contributed by atoms with E-state index >= 15 is 0 Å². The zero-order chi connectivity index (χ0) is 16.9. The van der Waals surface area contributed by atoms with E-state index in [2.05, 4.69) is 43.0 Å². The Balaban J connectivity index is 0.00000225. The first-order valence-electron chi connectivity index (χ1n) is 8.34. The van der Waals surface area contributed by atoms with Gasteiger partial charge in [0.25, 0.3) is 0 Å². The van der Waals surface area contributed by atoms with E-state index in [1.54, 1.807) is 7.05 Å². The molecular formula is C17H26IN5OS. The molecule has 2 aromatic rings. The maximum Gasteiger partial charge on any atom is 0.214 e. The number of nitrogens with one attached hydrogen (secondary N) is 2. The van der Waals surface area contributed by atoms with Crippen LogP contribution in [0.25, 0.3) is 0 Å². The van der Waals surface area contributed by atoms with Crippen LogP contribution in [-0.2, 0) is 6.54 Å². The molecule has 2 N–H and O–H groups in total. The number of hydrogen-bond donors (Lipinski definition) is 2. The molecule has 1 aliphatic heterocycles. The van der Waals surface area contributed by atoms with Crippen molar-refractivity contribution in [3.8, 4) is 0 Å². The number of aryl methyl sites for hydroxylation is 2. The summed E-state index contributed by atoms with van der Waals surface area (Å²) in [6.07, 6.45) is 2.21. The topological polar surface area (TPSA) is 65.7 Å². The second kappa shape index (κ2) is 9.42. The Hall–Kier alpha value is -1.29. The number of nitrogens with zero attached hydrogens (tertiary/aromatic N) is 3. The van der Waals surface area contributed by atoms with Crippen molar-refractivity contribution >= 4 is 46.3 Å². The van der Waals surface area contributed by atoms with E-state index in [1.165, 1.54) is 5.00 Å². The number of rotatable bonds is 4. The maximum absolute atomic E-state index is 5.59. The van der Waals surface area contributed by atoms with Gasteiger partial charge in [0.15, 0.2) is 5.96 Å². The molecule has 6 nitrogen and oxygen atoms in total. The number of piperidine rings is 1. The van der Waals surface area contributed by atoms with Crippen LogP contribution in [-0.4, -0.2) is 37.1 Å². The van der Waals surface area contributed by atoms with E-state index in [4.69, 9.17) is 4.42 Å². The zero-order valence-corrected chi connectivity index (χ0v) is 18.1. The first-order valence-corrected chi connectivity index (χ1v) is 9.22. The minimum absolute atomic E-state index is 0. The highest BCUT2D eigenvalue weighted by molar-refractivity contribution is 14.0. The summed E-state index contributed by atoms with van der Waals surface area (Å²) < 4.78 is 5.59. The first kappa shape index (κ1) is 20.0. The molecule has 2 aromatic heterocycles. The molecule has 0 bridgehead atoms. The van der Waals surface area contributed by atoms with Crippen LogP contribution in [0.15, 0.2) is 26.9 Å². The molecule has 1 aliphatic rings. The van der Waals surface area contributed by atoms with Crippen molar-refractivity contribution in [1.29, 1.82) is 0 Å². The largest absolute Gasteiger partial charge is 0.444 e. The summed E-state index contributed by atoms with van der Waals surface area (Å²) in [5, 5.41) is 10.3. The van der Waals surface area contributed by atoms with Gasteiger partial charge in [-0.1, -0.05) is 0 Å². The van der Waals surface area contributed by atoms with E-state index in [9.17, 15) is 0 Å². The molecule has 0 aromatic carbocycles. The molecule has 0 aliphatic carbocycles. The van der Waals surface area contributed by atoms with E-state index in [1.807, 2.05) is 25.2 Å². The number of anilines is 1. The number of hydrogen-bond acceptors (Lipinski definition) is 5. The Bertz CT molecular complexity index is 658. The highest BCUT2D eigenvalue weighted by Crippen LogP contribution is 2.24. The van der Waals surface area contributed by atoms with Gasteiger partial charge in [-0.15, -0.1) is 35.3 Å². The minimum atomic E-state index is 0. The number of thiophene rings is 1. The zero-order valence-electron chi connectivity index (χ0n) is 14.9. The SMILES string of the molecule is CN=C(NCc1nc(C)c(C)o1)NC1CCN(c2cccs2)CC1.I. The summed E-state index contributed by atoms with van der Waals surface area (Å²) in [6.45, 7) is 6.58. The molecule has 3 heterocycles. The van der Waals surface area contributed by atoms with Crippen LogP contribution in [0.1, 0.15) is 30.2 Å². The van der Waals surface area contributed by atoms with Crippen molar-refractivity contribution in [2.45, 2.75) is 39.3 Å². The second-order valence-electron chi connectivity index (χ2n) is 6.03. The molecule has 0 spiro atoms. The average Bonchev–Trinajstić information content (AvgIpc) is 3.23. The van der Waals surface area contributed by atoms with E-state index < -0.39 is 0 Å². The van der Waals surface area contributed by atoms with Crippen LogP contribution in [0.4, 0.5) is 5.00 Å². The Morgan fingerprint density at radius 2 is 2.16 bits per heavy atom. The summed E-state index contributed by atoms with van der Waals surface area (Å²) in [7, 11) is 1.79. The van der Waals surface area contributed by atoms with Crippen molar-refractivity contribution in [2.24, 2.45) is 4.99 Å². The predicted molar refractivity (Wildman–Crippen MR) is 114 cm³/mol. The third-order valence-electron chi connectivity index (χ3n) is 4.36. The second-order valence-corrected chi connectivity index (χ2v) is 6.96. The minimum Gasteiger partial charge on any atom is -0.444 e. The first-order chi connectivity index (χ1) is 11.7. The highest BCUT2D eigenvalue weighted by Gasteiger charge is 2.20. The molecule has 0 unspecified atom stereocenters. The van der Waals surface area contributed by atoms with Crippen LogP contribution >= 0.6 is 35.3 Å². The quantitative estimate of drug-likeness (QED) is 0.404. The molecular weight excluding hydrogens is 449 g/mol. The molecule has 8 heteroatoms. The number of guanidine groups is 1. The van der Waals surface area contributed by atoms with Gasteiger partial charge in [0.05, 0.1) is 17.2 Å². The summed E-state index contributed by atoms with van der Waals surface area (Å²) >= 11 is 1.81. The number of aromatic nitrogens is 1. The number of halogens is 1. The van der Waals surface area contributed by atoms with Gasteiger partial charge in [-0.2, -0.15) is 0 Å². The van der Waals surface area contributed by atoms with Crippen molar-refractivity contribution in [1.82, 2.24) is 15.6 Å². The van der Waals surface area contributed by atoms with Crippen LogP contribution in [0, 0.1) is 13.8 Å². The molecule has 25 heavy (non-hydrogen) atoms. The van der Waals surface area contributed by atoms with Crippen LogP contribution < -0.4 is 15.5 Å². The third kappa shape index (κ3) is 5.34. The smallest absolute Gasteiger partial charge is 0.214 e. The van der Waals surface area contributed by atoms with Crippen molar-refractivity contribution < 1.29 is 4.42 Å². The summed E-state index contributed by atoms with van der Waals surface area (Å²) in [5.74, 6) is 2.37. The monoisotopic (exact) mass is 475 g/mol. The number of oxazole rings is 1. The van der Waals surface area contributed by atoms with Crippen LogP contribution in [0.3, 0.4) is 0 Å². The lowest BCUT2D eigenvalue weighted by molar-refractivity contribution is 0.449. The molecule has 0 atom stereocenters. The van der Waals surface area contributed by atoms with Crippen molar-refractivity contribution in [2.75, 3.05) is 25.0 Å². The highest BCUT2D eigenvalue weighted by atomic mass is 127. The molecule has 3 rings (SSSR count). The van der Waals surface area contributed by atoms with Gasteiger partial charge in [0.2, 0.25) is 5.89 Å². The van der Waals surface area contributed by atoms with Gasteiger partial charge in [-0.3, -0.25) is 4.99 Å². The van der Waals surface area contributed by atoms with Crippen LogP contribution in [0.2, 0.25) is 0 Å². The lowest BCUT2D eigenvalue weighted by Crippen LogP contribution is -2.48. The third-order valence-corrected chi connectivity index (χ3v) is 5.29. The van der Waals surface area contributed by atoms with Crippen molar-refractivity contribution in [3.63, 3.8) is 0 Å². The predicted octanol–water partition coefficient (Wildman–Crippen LogP) is 3.30. The summed E-state index contributed by atoms with van der Waals surface area (Å²) in [6, 6.07) is 4.75. The van der Waals surface area contributed by atoms with E-state index in [0.29, 0.717) is 18.5 Å². The number of aliphatic imine (C=N–C) groups is 1. The fraction of sp³-hybridized carbons (Fsp3) is 0.529. The van der Waals surface area contributed by atoms with Gasteiger partial charge < -0.3 is 20.0 Å². The fourth-order valence-electron chi connectivity index (χ4n) is 2.86. The lowest BCUT2D eigenvalue weighted by atomic mass is 10.1. The van der Waals surface area contributed by atoms with Gasteiger partial charge in [-0.25, -0.2) is 4.98 Å². The standard InChI is InChI=1S/C17H25N5OS.HI/c1-12-13(2)23-15(20-12)11-19-17(18-3)21-14-6-8-22(9-7-14)16-5-4-10-24-16;/h4-5,10,14H,6-9,11H2,1-3H3,(H2,18,19,21);1H. The normalized spacial score (nSPS) is 15.8. The summed E-state index contributed by atoms with van der Waals surface area (Å²) in [5.41, 5.74) is 0.940. The molecule has 0 amide bonds. The van der Waals surface area contributed by atoms with Gasteiger partial charge in [-0.05, 0) is 44.2 Å². The van der Waals surface area contributed by atoms with E-state index in [-0.39, 0.29) is 24.0 Å². The van der Waals surface area contributed by atoms with Gasteiger partial charge in [0.1, 0.15) is 5.76 Å². The molecule has 138 valence electrons. The summed E-state index contributed by atoms with van der Waals surface area (Å²) in [4.78, 5) is 11.1. The Morgan fingerprint density at radius 1 is 1.40 bits per heavy atom. The molecule has 1 fully saturated rings. The van der Waals surface area contributed by atoms with Crippen molar-refractivity contribution in [3.05, 3.63) is 34.9 Å². The molecule has 0 radical (unpaired) electrons. The average molecular weight is 475 g/mol. The van der Waals surface area contributed by atoms with Gasteiger partial charge >= 0.3 is 0 Å². The van der Waals surface area contributed by atoms with E-state index in [0.717, 1.165) is 43.3 Å². The maximum atomic E-state index is 5.59. The lowest BCUT2D eigenvalue weighted by Gasteiger charge is -2.33. The fourth-order valence-corrected chi connectivity index (χ4v) is 3.64. The Labute approximate surface area is 170 Å². The van der Waals surface area contributed by atoms with Gasteiger partial charge in [0, 0.05) is 26.2 Å². The Kier molecular flexibility index (Phi) is 7.55. The molecule has 1 saturated heterocycles. The van der Waals surface area contributed by atoms with Crippen LogP contribution in [0.5, 0.6) is 0 Å². The molecule has 0 saturated carbocycles.